The molecule has 0 aliphatic heterocycles. The molecule has 0 spiro atoms. The van der Waals surface area contributed by atoms with E-state index >= 15 is 0 Å². The maximum absolute atomic E-state index is 11.5. The van der Waals surface area contributed by atoms with Gasteiger partial charge in [0.05, 0.1) is 6.42 Å². The van der Waals surface area contributed by atoms with Crippen molar-refractivity contribution in [2.75, 3.05) is 6.54 Å². The first-order valence-corrected chi connectivity index (χ1v) is 5.63. The monoisotopic (exact) mass is 205 g/mol. The Morgan fingerprint density at radius 1 is 1.20 bits per heavy atom. The number of carbonyl (C=O) groups excluding carboxylic acids is 1. The SMILES string of the molecule is CCCCCNC(=O)Cc1ccccc1. The van der Waals surface area contributed by atoms with E-state index in [-0.39, 0.29) is 5.91 Å². The van der Waals surface area contributed by atoms with Gasteiger partial charge in [-0.05, 0) is 12.0 Å². The highest BCUT2D eigenvalue weighted by atomic mass is 16.1. The Labute approximate surface area is 91.7 Å². The van der Waals surface area contributed by atoms with Gasteiger partial charge in [-0.1, -0.05) is 50.1 Å². The minimum Gasteiger partial charge on any atom is -0.356 e. The Morgan fingerprint density at radius 3 is 2.60 bits per heavy atom. The summed E-state index contributed by atoms with van der Waals surface area (Å²) in [4.78, 5) is 11.5. The van der Waals surface area contributed by atoms with Crippen molar-refractivity contribution in [2.45, 2.75) is 32.6 Å². The standard InChI is InChI=1S/C13H19NO/c1-2-3-7-10-14-13(15)11-12-8-5-4-6-9-12/h4-6,8-9H,2-3,7,10-11H2,1H3,(H,14,15). The number of nitrogens with one attached hydrogen (secondary N) is 1. The van der Waals surface area contributed by atoms with Crippen LogP contribution in [0.1, 0.15) is 31.7 Å². The Morgan fingerprint density at radius 2 is 1.93 bits per heavy atom. The van der Waals surface area contributed by atoms with Crippen LogP contribution in [0.2, 0.25) is 0 Å². The van der Waals surface area contributed by atoms with Gasteiger partial charge in [-0.2, -0.15) is 0 Å². The number of carbonyl (C=O) groups is 1. The summed E-state index contributed by atoms with van der Waals surface area (Å²) in [6.07, 6.45) is 3.95. The molecule has 2 heteroatoms. The van der Waals surface area contributed by atoms with Crippen LogP contribution in [0.15, 0.2) is 30.3 Å². The predicted molar refractivity (Wildman–Crippen MR) is 62.7 cm³/mol. The van der Waals surface area contributed by atoms with E-state index in [4.69, 9.17) is 0 Å². The summed E-state index contributed by atoms with van der Waals surface area (Å²) in [5, 5.41) is 2.93. The molecule has 0 aliphatic rings. The van der Waals surface area contributed by atoms with Crippen molar-refractivity contribution in [3.05, 3.63) is 35.9 Å². The highest BCUT2D eigenvalue weighted by Crippen LogP contribution is 1.99. The van der Waals surface area contributed by atoms with Gasteiger partial charge < -0.3 is 5.32 Å². The number of hydrogen-bond acceptors (Lipinski definition) is 1. The van der Waals surface area contributed by atoms with Gasteiger partial charge in [0.15, 0.2) is 0 Å². The molecule has 0 saturated carbocycles. The molecule has 0 unspecified atom stereocenters. The lowest BCUT2D eigenvalue weighted by molar-refractivity contribution is -0.120. The van der Waals surface area contributed by atoms with E-state index in [0.717, 1.165) is 18.5 Å². The zero-order valence-electron chi connectivity index (χ0n) is 9.33. The smallest absolute Gasteiger partial charge is 0.224 e. The molecule has 0 aromatic heterocycles. The molecule has 1 rings (SSSR count). The normalized spacial score (nSPS) is 9.93. The molecule has 1 aromatic carbocycles. The number of rotatable bonds is 6. The van der Waals surface area contributed by atoms with Gasteiger partial charge in [0.2, 0.25) is 5.91 Å². The van der Waals surface area contributed by atoms with Crippen LogP contribution in [0, 0.1) is 0 Å². The molecule has 82 valence electrons. The van der Waals surface area contributed by atoms with Crippen LogP contribution in [0.4, 0.5) is 0 Å². The topological polar surface area (TPSA) is 29.1 Å². The van der Waals surface area contributed by atoms with E-state index in [9.17, 15) is 4.79 Å². The maximum Gasteiger partial charge on any atom is 0.224 e. The third-order valence-corrected chi connectivity index (χ3v) is 2.31. The van der Waals surface area contributed by atoms with E-state index in [1.54, 1.807) is 0 Å². The molecule has 0 aliphatic carbocycles. The molecule has 0 heterocycles. The third-order valence-electron chi connectivity index (χ3n) is 2.31. The summed E-state index contributed by atoms with van der Waals surface area (Å²) in [6.45, 7) is 2.96. The quantitative estimate of drug-likeness (QED) is 0.710. The van der Waals surface area contributed by atoms with Crippen molar-refractivity contribution in [1.29, 1.82) is 0 Å². The molecule has 2 nitrogen and oxygen atoms in total. The van der Waals surface area contributed by atoms with Gasteiger partial charge in [0.1, 0.15) is 0 Å². The minimum atomic E-state index is 0.123. The number of hydrogen-bond donors (Lipinski definition) is 1. The summed E-state index contributed by atoms with van der Waals surface area (Å²) < 4.78 is 0. The summed E-state index contributed by atoms with van der Waals surface area (Å²) in [7, 11) is 0. The van der Waals surface area contributed by atoms with Gasteiger partial charge in [-0.3, -0.25) is 4.79 Å². The molecule has 1 amide bonds. The van der Waals surface area contributed by atoms with E-state index in [1.807, 2.05) is 30.3 Å². The number of unbranched alkanes of at least 4 members (excludes halogenated alkanes) is 2. The Balaban J connectivity index is 2.19. The van der Waals surface area contributed by atoms with E-state index in [1.165, 1.54) is 12.8 Å². The zero-order valence-corrected chi connectivity index (χ0v) is 9.33. The Hall–Kier alpha value is -1.31. The second-order valence-corrected chi connectivity index (χ2v) is 3.72. The fourth-order valence-electron chi connectivity index (χ4n) is 1.45. The van der Waals surface area contributed by atoms with Crippen LogP contribution >= 0.6 is 0 Å². The van der Waals surface area contributed by atoms with Crippen molar-refractivity contribution in [3.63, 3.8) is 0 Å². The van der Waals surface area contributed by atoms with Crippen LogP contribution < -0.4 is 5.32 Å². The van der Waals surface area contributed by atoms with Crippen LogP contribution in [0.25, 0.3) is 0 Å². The van der Waals surface area contributed by atoms with Gasteiger partial charge in [0, 0.05) is 6.54 Å². The lowest BCUT2D eigenvalue weighted by Gasteiger charge is -2.04. The molecule has 15 heavy (non-hydrogen) atoms. The molecule has 0 fully saturated rings. The average molecular weight is 205 g/mol. The molecule has 0 atom stereocenters. The summed E-state index contributed by atoms with van der Waals surface area (Å²) >= 11 is 0. The Kier molecular flexibility index (Phi) is 5.52. The van der Waals surface area contributed by atoms with Crippen molar-refractivity contribution in [3.8, 4) is 0 Å². The van der Waals surface area contributed by atoms with Crippen molar-refractivity contribution >= 4 is 5.91 Å². The molecule has 0 radical (unpaired) electrons. The maximum atomic E-state index is 11.5. The molecular formula is C13H19NO. The predicted octanol–water partition coefficient (Wildman–Crippen LogP) is 2.54. The zero-order chi connectivity index (χ0) is 10.9. The van der Waals surface area contributed by atoms with Gasteiger partial charge in [-0.25, -0.2) is 0 Å². The van der Waals surface area contributed by atoms with E-state index in [0.29, 0.717) is 6.42 Å². The van der Waals surface area contributed by atoms with E-state index < -0.39 is 0 Å². The van der Waals surface area contributed by atoms with Gasteiger partial charge in [0.25, 0.3) is 0 Å². The first kappa shape index (κ1) is 11.8. The van der Waals surface area contributed by atoms with Crippen LogP contribution in [0.5, 0.6) is 0 Å². The van der Waals surface area contributed by atoms with Crippen molar-refractivity contribution in [1.82, 2.24) is 5.32 Å². The summed E-state index contributed by atoms with van der Waals surface area (Å²) in [5.41, 5.74) is 1.07. The number of benzene rings is 1. The highest BCUT2D eigenvalue weighted by molar-refractivity contribution is 5.78. The fourth-order valence-corrected chi connectivity index (χ4v) is 1.45. The Bertz CT molecular complexity index is 282. The first-order chi connectivity index (χ1) is 7.33. The highest BCUT2D eigenvalue weighted by Gasteiger charge is 2.01. The summed E-state index contributed by atoms with van der Waals surface area (Å²) in [6, 6.07) is 9.83. The lowest BCUT2D eigenvalue weighted by Crippen LogP contribution is -2.25. The largest absolute Gasteiger partial charge is 0.356 e. The number of amides is 1. The fraction of sp³-hybridized carbons (Fsp3) is 0.462. The van der Waals surface area contributed by atoms with Crippen molar-refractivity contribution < 1.29 is 4.79 Å². The first-order valence-electron chi connectivity index (χ1n) is 5.63. The second kappa shape index (κ2) is 7.04. The van der Waals surface area contributed by atoms with Crippen LogP contribution in [-0.4, -0.2) is 12.5 Å². The molecule has 0 saturated heterocycles. The minimum absolute atomic E-state index is 0.123. The van der Waals surface area contributed by atoms with E-state index in [2.05, 4.69) is 12.2 Å². The second-order valence-electron chi connectivity index (χ2n) is 3.72. The average Bonchev–Trinajstić information content (AvgIpc) is 2.26. The van der Waals surface area contributed by atoms with Gasteiger partial charge >= 0.3 is 0 Å². The van der Waals surface area contributed by atoms with Crippen molar-refractivity contribution in [2.24, 2.45) is 0 Å². The van der Waals surface area contributed by atoms with Crippen LogP contribution in [-0.2, 0) is 11.2 Å². The third kappa shape index (κ3) is 5.21. The molecular weight excluding hydrogens is 186 g/mol. The summed E-state index contributed by atoms with van der Waals surface area (Å²) in [5.74, 6) is 0.123. The molecule has 1 N–H and O–H groups in total. The van der Waals surface area contributed by atoms with Crippen LogP contribution in [0.3, 0.4) is 0 Å². The van der Waals surface area contributed by atoms with Gasteiger partial charge in [-0.15, -0.1) is 0 Å². The molecule has 1 aromatic rings. The lowest BCUT2D eigenvalue weighted by atomic mass is 10.1. The molecule has 0 bridgehead atoms.